The molecule has 1 aliphatic heterocycles. The Balaban J connectivity index is 2.06. The van der Waals surface area contributed by atoms with Gasteiger partial charge in [-0.15, -0.1) is 0 Å². The van der Waals surface area contributed by atoms with Crippen molar-refractivity contribution in [3.8, 4) is 5.75 Å². The lowest BCUT2D eigenvalue weighted by Gasteiger charge is -2.34. The summed E-state index contributed by atoms with van der Waals surface area (Å²) in [7, 11) is 1.59. The standard InChI is InChI=1S/C16H22ClNO3/c1-11(2)18-6-7-21-16(10-18)14(19)9-12-8-13(17)4-5-15(12)20-3/h4-5,8,11,16H,6-7,9-10H2,1-3H3. The zero-order valence-electron chi connectivity index (χ0n) is 12.8. The largest absolute Gasteiger partial charge is 0.496 e. The van der Waals surface area contributed by atoms with E-state index in [4.69, 9.17) is 21.1 Å². The molecule has 0 aliphatic carbocycles. The van der Waals surface area contributed by atoms with Gasteiger partial charge in [-0.3, -0.25) is 9.69 Å². The predicted molar refractivity (Wildman–Crippen MR) is 83.2 cm³/mol. The van der Waals surface area contributed by atoms with E-state index >= 15 is 0 Å². The van der Waals surface area contributed by atoms with Crippen LogP contribution in [0.1, 0.15) is 19.4 Å². The minimum absolute atomic E-state index is 0.0703. The van der Waals surface area contributed by atoms with Crippen LogP contribution in [0.15, 0.2) is 18.2 Å². The molecule has 0 N–H and O–H groups in total. The molecular formula is C16H22ClNO3. The Morgan fingerprint density at radius 1 is 1.52 bits per heavy atom. The number of rotatable bonds is 5. The number of carbonyl (C=O) groups excluding carboxylic acids is 1. The lowest BCUT2D eigenvalue weighted by atomic mass is 10.0. The monoisotopic (exact) mass is 311 g/mol. The zero-order chi connectivity index (χ0) is 15.4. The SMILES string of the molecule is COc1ccc(Cl)cc1CC(=O)C1CN(C(C)C)CCO1. The highest BCUT2D eigenvalue weighted by Crippen LogP contribution is 2.24. The second-order valence-electron chi connectivity index (χ2n) is 5.55. The van der Waals surface area contributed by atoms with E-state index in [0.29, 0.717) is 30.0 Å². The molecule has 0 amide bonds. The predicted octanol–water partition coefficient (Wildman–Crippen LogP) is 2.57. The molecule has 2 rings (SSSR count). The second-order valence-corrected chi connectivity index (χ2v) is 5.98. The summed E-state index contributed by atoms with van der Waals surface area (Å²) < 4.78 is 10.9. The van der Waals surface area contributed by atoms with Crippen LogP contribution in [0.4, 0.5) is 0 Å². The Bertz CT molecular complexity index is 504. The van der Waals surface area contributed by atoms with Crippen molar-refractivity contribution in [1.29, 1.82) is 0 Å². The summed E-state index contributed by atoms with van der Waals surface area (Å²) in [6, 6.07) is 5.74. The van der Waals surface area contributed by atoms with Crippen molar-refractivity contribution >= 4 is 17.4 Å². The van der Waals surface area contributed by atoms with E-state index in [2.05, 4.69) is 18.7 Å². The van der Waals surface area contributed by atoms with Crippen LogP contribution in [-0.2, 0) is 16.0 Å². The number of ketones is 1. The molecule has 21 heavy (non-hydrogen) atoms. The topological polar surface area (TPSA) is 38.8 Å². The second kappa shape index (κ2) is 7.25. The molecule has 1 aromatic rings. The number of morpholine rings is 1. The van der Waals surface area contributed by atoms with Gasteiger partial charge in [0.15, 0.2) is 5.78 Å². The summed E-state index contributed by atoms with van der Waals surface area (Å²) in [6.45, 7) is 6.39. The van der Waals surface area contributed by atoms with Gasteiger partial charge < -0.3 is 9.47 Å². The number of benzene rings is 1. The van der Waals surface area contributed by atoms with Crippen LogP contribution in [-0.4, -0.2) is 49.6 Å². The third-order valence-electron chi connectivity index (χ3n) is 3.79. The Hall–Kier alpha value is -1.10. The van der Waals surface area contributed by atoms with E-state index in [0.717, 1.165) is 12.1 Å². The van der Waals surface area contributed by atoms with Gasteiger partial charge in [-0.2, -0.15) is 0 Å². The van der Waals surface area contributed by atoms with Crippen LogP contribution in [0.2, 0.25) is 5.02 Å². The van der Waals surface area contributed by atoms with E-state index in [1.165, 1.54) is 0 Å². The van der Waals surface area contributed by atoms with Crippen molar-refractivity contribution < 1.29 is 14.3 Å². The summed E-state index contributed by atoms with van der Waals surface area (Å²) in [5, 5.41) is 0.604. The van der Waals surface area contributed by atoms with Gasteiger partial charge in [-0.05, 0) is 32.0 Å². The third-order valence-corrected chi connectivity index (χ3v) is 4.03. The summed E-state index contributed by atoms with van der Waals surface area (Å²) >= 11 is 6.00. The number of hydrogen-bond acceptors (Lipinski definition) is 4. The van der Waals surface area contributed by atoms with E-state index in [-0.39, 0.29) is 18.3 Å². The molecule has 1 unspecified atom stereocenters. The van der Waals surface area contributed by atoms with Crippen LogP contribution in [0.5, 0.6) is 5.75 Å². The van der Waals surface area contributed by atoms with Crippen LogP contribution >= 0.6 is 11.6 Å². The molecule has 116 valence electrons. The van der Waals surface area contributed by atoms with E-state index in [1.54, 1.807) is 25.3 Å². The number of nitrogens with zero attached hydrogens (tertiary/aromatic N) is 1. The lowest BCUT2D eigenvalue weighted by molar-refractivity contribution is -0.136. The molecule has 1 saturated heterocycles. The molecular weight excluding hydrogens is 290 g/mol. The Labute approximate surface area is 131 Å². The minimum atomic E-state index is -0.371. The lowest BCUT2D eigenvalue weighted by Crippen LogP contribution is -2.49. The summed E-state index contributed by atoms with van der Waals surface area (Å²) in [5.74, 6) is 0.755. The van der Waals surface area contributed by atoms with Crippen molar-refractivity contribution in [3.63, 3.8) is 0 Å². The molecule has 0 bridgehead atoms. The highest BCUT2D eigenvalue weighted by molar-refractivity contribution is 6.30. The highest BCUT2D eigenvalue weighted by Gasteiger charge is 2.28. The summed E-state index contributed by atoms with van der Waals surface area (Å²) in [5.41, 5.74) is 0.806. The molecule has 1 atom stereocenters. The maximum Gasteiger partial charge on any atom is 0.167 e. The molecule has 5 heteroatoms. The maximum absolute atomic E-state index is 12.5. The molecule has 4 nitrogen and oxygen atoms in total. The zero-order valence-corrected chi connectivity index (χ0v) is 13.5. The van der Waals surface area contributed by atoms with E-state index < -0.39 is 0 Å². The van der Waals surface area contributed by atoms with Gasteiger partial charge in [0.2, 0.25) is 0 Å². The van der Waals surface area contributed by atoms with E-state index in [9.17, 15) is 4.79 Å². The first kappa shape index (κ1) is 16.3. The van der Waals surface area contributed by atoms with Gasteiger partial charge >= 0.3 is 0 Å². The molecule has 0 saturated carbocycles. The normalized spacial score (nSPS) is 19.8. The Morgan fingerprint density at radius 3 is 2.95 bits per heavy atom. The van der Waals surface area contributed by atoms with Gasteiger partial charge in [0.25, 0.3) is 0 Å². The van der Waals surface area contributed by atoms with Crippen molar-refractivity contribution in [3.05, 3.63) is 28.8 Å². The molecule has 1 aromatic carbocycles. The highest BCUT2D eigenvalue weighted by atomic mass is 35.5. The van der Waals surface area contributed by atoms with Gasteiger partial charge in [0.1, 0.15) is 11.9 Å². The number of ether oxygens (including phenoxy) is 2. The van der Waals surface area contributed by atoms with Gasteiger partial charge in [0, 0.05) is 36.1 Å². The molecule has 1 fully saturated rings. The molecule has 0 radical (unpaired) electrons. The molecule has 1 heterocycles. The van der Waals surface area contributed by atoms with Gasteiger partial charge in [0.05, 0.1) is 13.7 Å². The fourth-order valence-corrected chi connectivity index (χ4v) is 2.71. The van der Waals surface area contributed by atoms with Crippen LogP contribution in [0.3, 0.4) is 0 Å². The van der Waals surface area contributed by atoms with Crippen LogP contribution in [0.25, 0.3) is 0 Å². The number of hydrogen-bond donors (Lipinski definition) is 0. The maximum atomic E-state index is 12.5. The molecule has 0 spiro atoms. The quantitative estimate of drug-likeness (QED) is 0.838. The fraction of sp³-hybridized carbons (Fsp3) is 0.562. The van der Waals surface area contributed by atoms with Gasteiger partial charge in [-0.25, -0.2) is 0 Å². The van der Waals surface area contributed by atoms with Crippen molar-refractivity contribution in [2.24, 2.45) is 0 Å². The Kier molecular flexibility index (Phi) is 5.62. The van der Waals surface area contributed by atoms with Crippen LogP contribution < -0.4 is 4.74 Å². The third kappa shape index (κ3) is 4.19. The number of methoxy groups -OCH3 is 1. The average molecular weight is 312 g/mol. The average Bonchev–Trinajstić information content (AvgIpc) is 2.47. The van der Waals surface area contributed by atoms with Crippen molar-refractivity contribution in [1.82, 2.24) is 4.90 Å². The first-order valence-corrected chi connectivity index (χ1v) is 7.60. The number of carbonyl (C=O) groups is 1. The van der Waals surface area contributed by atoms with Crippen molar-refractivity contribution in [2.75, 3.05) is 26.8 Å². The summed E-state index contributed by atoms with van der Waals surface area (Å²) in [4.78, 5) is 14.7. The van der Waals surface area contributed by atoms with Gasteiger partial charge in [-0.1, -0.05) is 11.6 Å². The molecule has 0 aromatic heterocycles. The minimum Gasteiger partial charge on any atom is -0.496 e. The van der Waals surface area contributed by atoms with Crippen molar-refractivity contribution in [2.45, 2.75) is 32.4 Å². The Morgan fingerprint density at radius 2 is 2.29 bits per heavy atom. The smallest absolute Gasteiger partial charge is 0.167 e. The number of Topliss-reactive ketones (excluding diaryl/α,β-unsaturated/α-hetero) is 1. The summed E-state index contributed by atoms with van der Waals surface area (Å²) in [6.07, 6.45) is -0.0924. The number of halogens is 1. The molecule has 1 aliphatic rings. The first-order valence-electron chi connectivity index (χ1n) is 7.22. The first-order chi connectivity index (χ1) is 10.0. The fourth-order valence-electron chi connectivity index (χ4n) is 2.52. The van der Waals surface area contributed by atoms with E-state index in [1.807, 2.05) is 0 Å². The van der Waals surface area contributed by atoms with Crippen LogP contribution in [0, 0.1) is 0 Å².